The van der Waals surface area contributed by atoms with Crippen molar-refractivity contribution in [2.45, 2.75) is 83.7 Å². The number of nitrogens with zero attached hydrogens (tertiary/aromatic N) is 6. The number of alkyl halides is 3. The van der Waals surface area contributed by atoms with Gasteiger partial charge in [-0.05, 0) is 65.8 Å². The van der Waals surface area contributed by atoms with Gasteiger partial charge in [0.25, 0.3) is 0 Å². The molecule has 4 atom stereocenters. The van der Waals surface area contributed by atoms with Gasteiger partial charge in [-0.3, -0.25) is 9.59 Å². The third-order valence-electron chi connectivity index (χ3n) is 10.8. The Labute approximate surface area is 323 Å². The van der Waals surface area contributed by atoms with Crippen molar-refractivity contribution >= 4 is 17.8 Å². The first-order valence-electron chi connectivity index (χ1n) is 19.1. The highest BCUT2D eigenvalue weighted by Crippen LogP contribution is 2.35. The fourth-order valence-electron chi connectivity index (χ4n) is 7.51. The lowest BCUT2D eigenvalue weighted by Gasteiger charge is -2.30. The summed E-state index contributed by atoms with van der Waals surface area (Å²) in [5, 5.41) is 2.86. The van der Waals surface area contributed by atoms with Crippen molar-refractivity contribution in [1.29, 1.82) is 0 Å². The van der Waals surface area contributed by atoms with Crippen LogP contribution in [-0.2, 0) is 15.8 Å². The van der Waals surface area contributed by atoms with Crippen molar-refractivity contribution in [2.24, 2.45) is 17.6 Å². The van der Waals surface area contributed by atoms with Gasteiger partial charge >= 0.3 is 6.18 Å². The van der Waals surface area contributed by atoms with Crippen LogP contribution in [0, 0.1) is 11.8 Å². The number of hydrogen-bond acceptors (Lipinski definition) is 8. The quantitative estimate of drug-likeness (QED) is 0.108. The smallest absolute Gasteiger partial charge is 0.342 e. The molecule has 294 valence electrons. The molecule has 7 rings (SSSR count). The molecule has 0 saturated carbocycles. The van der Waals surface area contributed by atoms with Crippen molar-refractivity contribution in [2.75, 3.05) is 18.4 Å². The minimum absolute atomic E-state index is 0.0298. The second-order valence-corrected chi connectivity index (χ2v) is 15.3. The minimum Gasteiger partial charge on any atom is -0.342 e. The molecular weight excluding hydrogens is 722 g/mol. The molecule has 5 heterocycles. The average Bonchev–Trinajstić information content (AvgIpc) is 4.03. The lowest BCUT2D eigenvalue weighted by molar-refractivity contribution is -0.141. The van der Waals surface area contributed by atoms with Crippen molar-refractivity contribution < 1.29 is 22.8 Å². The van der Waals surface area contributed by atoms with Crippen molar-refractivity contribution in [3.8, 4) is 33.6 Å². The van der Waals surface area contributed by atoms with Gasteiger partial charge in [0.05, 0.1) is 41.9 Å². The number of nitrogens with one attached hydrogen (secondary N) is 3. The summed E-state index contributed by atoms with van der Waals surface area (Å²) >= 11 is 0. The molecule has 2 saturated heterocycles. The number of carbonyl (C=O) groups is 2. The van der Waals surface area contributed by atoms with Crippen LogP contribution in [0.25, 0.3) is 33.6 Å². The van der Waals surface area contributed by atoms with E-state index < -0.39 is 24.0 Å². The summed E-state index contributed by atoms with van der Waals surface area (Å²) in [5.74, 6) is 0.717. The lowest BCUT2D eigenvalue weighted by Crippen LogP contribution is -2.46. The van der Waals surface area contributed by atoms with Crippen LogP contribution in [0.1, 0.15) is 82.8 Å². The zero-order chi connectivity index (χ0) is 39.7. The Balaban J connectivity index is 1.00. The van der Waals surface area contributed by atoms with E-state index in [9.17, 15) is 22.8 Å². The highest BCUT2D eigenvalue weighted by Gasteiger charge is 2.38. The van der Waals surface area contributed by atoms with E-state index in [1.165, 1.54) is 0 Å². The van der Waals surface area contributed by atoms with E-state index in [-0.39, 0.29) is 41.7 Å². The third-order valence-corrected chi connectivity index (χ3v) is 10.8. The molecule has 0 radical (unpaired) electrons. The van der Waals surface area contributed by atoms with Gasteiger partial charge in [-0.1, -0.05) is 76.2 Å². The summed E-state index contributed by atoms with van der Waals surface area (Å²) in [6.45, 7) is 8.75. The number of amides is 2. The second-order valence-electron chi connectivity index (χ2n) is 15.3. The molecule has 5 N–H and O–H groups in total. The number of H-pyrrole nitrogens is 2. The van der Waals surface area contributed by atoms with Crippen molar-refractivity contribution in [1.82, 2.24) is 39.7 Å². The van der Waals surface area contributed by atoms with Gasteiger partial charge in [-0.25, -0.2) is 19.9 Å². The average molecular weight is 769 g/mol. The molecule has 2 amide bonds. The molecule has 15 heteroatoms. The fourth-order valence-corrected chi connectivity index (χ4v) is 7.51. The number of anilines is 1. The maximum atomic E-state index is 13.9. The van der Waals surface area contributed by atoms with Crippen LogP contribution in [0.4, 0.5) is 19.1 Å². The van der Waals surface area contributed by atoms with Gasteiger partial charge in [0, 0.05) is 19.3 Å². The Hall–Kier alpha value is -5.57. The monoisotopic (exact) mass is 768 g/mol. The van der Waals surface area contributed by atoms with Gasteiger partial charge < -0.3 is 30.8 Å². The molecule has 5 aromatic rings. The number of imidazole rings is 2. The zero-order valence-electron chi connectivity index (χ0n) is 31.8. The molecule has 2 fully saturated rings. The van der Waals surface area contributed by atoms with Gasteiger partial charge in [-0.15, -0.1) is 0 Å². The predicted molar refractivity (Wildman–Crippen MR) is 207 cm³/mol. The molecule has 0 spiro atoms. The Bertz CT molecular complexity index is 2150. The first-order valence-corrected chi connectivity index (χ1v) is 19.1. The molecule has 2 aliphatic rings. The number of halogens is 3. The second kappa shape index (κ2) is 15.9. The lowest BCUT2D eigenvalue weighted by atomic mass is 10.0. The molecular formula is C41H47F3N10O2. The molecule has 3 aromatic heterocycles. The van der Waals surface area contributed by atoms with Crippen LogP contribution in [0.3, 0.4) is 0 Å². The first kappa shape index (κ1) is 38.7. The first-order chi connectivity index (χ1) is 26.8. The molecule has 12 nitrogen and oxygen atoms in total. The summed E-state index contributed by atoms with van der Waals surface area (Å²) in [6, 6.07) is 15.4. The number of aromatic amines is 2. The number of aromatic nitrogens is 6. The Kier molecular flexibility index (Phi) is 11.0. The molecule has 2 aromatic carbocycles. The summed E-state index contributed by atoms with van der Waals surface area (Å²) in [6.07, 6.45) is 3.20. The van der Waals surface area contributed by atoms with E-state index in [4.69, 9.17) is 5.73 Å². The normalized spacial score (nSPS) is 18.5. The number of benzene rings is 2. The van der Waals surface area contributed by atoms with E-state index >= 15 is 0 Å². The Morgan fingerprint density at radius 1 is 0.732 bits per heavy atom. The van der Waals surface area contributed by atoms with E-state index in [0.717, 1.165) is 71.0 Å². The van der Waals surface area contributed by atoms with Crippen LogP contribution in [0.5, 0.6) is 0 Å². The van der Waals surface area contributed by atoms with Crippen molar-refractivity contribution in [3.05, 3.63) is 90.5 Å². The van der Waals surface area contributed by atoms with Crippen LogP contribution in [0.2, 0.25) is 0 Å². The maximum absolute atomic E-state index is 13.9. The molecule has 2 aliphatic heterocycles. The number of nitrogens with two attached hydrogens (primary N) is 1. The number of hydrogen-bond donors (Lipinski definition) is 4. The highest BCUT2D eigenvalue weighted by molar-refractivity contribution is 5.85. The van der Waals surface area contributed by atoms with Gasteiger partial charge in [-0.2, -0.15) is 13.2 Å². The van der Waals surface area contributed by atoms with Crippen LogP contribution >= 0.6 is 0 Å². The largest absolute Gasteiger partial charge is 0.433 e. The summed E-state index contributed by atoms with van der Waals surface area (Å²) in [4.78, 5) is 54.2. The number of likely N-dealkylation sites (tertiary alicyclic amines) is 2. The predicted octanol–water partition coefficient (Wildman–Crippen LogP) is 7.39. The summed E-state index contributed by atoms with van der Waals surface area (Å²) < 4.78 is 39.8. The fraction of sp³-hybridized carbons (Fsp3) is 0.415. The SMILES string of the molecule is CC(C)[C@H](N)C(=O)N1CCC[C@H]1c1ncc(-c2ccc(-c3ccc(-c4cnc([C@@H]5CCCN5C(=O)[C@@H](Nc5nccc(C(F)(F)F)n5)C(C)C)[nH]4)cc3)cc2)[nH]1. The van der Waals surface area contributed by atoms with Crippen LogP contribution in [-0.4, -0.2) is 76.7 Å². The molecule has 0 aliphatic carbocycles. The Morgan fingerprint density at radius 3 is 1.68 bits per heavy atom. The van der Waals surface area contributed by atoms with Crippen molar-refractivity contribution in [3.63, 3.8) is 0 Å². The maximum Gasteiger partial charge on any atom is 0.433 e. The van der Waals surface area contributed by atoms with Gasteiger partial charge in [0.15, 0.2) is 0 Å². The molecule has 0 unspecified atom stereocenters. The molecule has 0 bridgehead atoms. The highest BCUT2D eigenvalue weighted by atomic mass is 19.4. The topological polar surface area (TPSA) is 162 Å². The number of rotatable bonds is 11. The van der Waals surface area contributed by atoms with E-state index in [0.29, 0.717) is 25.3 Å². The van der Waals surface area contributed by atoms with Gasteiger partial charge in [0.2, 0.25) is 17.8 Å². The van der Waals surface area contributed by atoms with E-state index in [2.05, 4.69) is 59.5 Å². The van der Waals surface area contributed by atoms with Gasteiger partial charge in [0.1, 0.15) is 23.4 Å². The minimum atomic E-state index is -4.63. The van der Waals surface area contributed by atoms with Crippen LogP contribution in [0.15, 0.2) is 73.2 Å². The molecule has 56 heavy (non-hydrogen) atoms. The van der Waals surface area contributed by atoms with E-state index in [1.807, 2.05) is 63.1 Å². The summed E-state index contributed by atoms with van der Waals surface area (Å²) in [7, 11) is 0. The third kappa shape index (κ3) is 8.04. The number of carbonyl (C=O) groups excluding carboxylic acids is 2. The standard InChI is InChI=1S/C41H47F3N10O2/c1-23(2)34(45)38(55)53-19-5-7-31(53)36-47-21-29(49-36)27-13-9-25(10-14-27)26-11-15-28(16-12-26)30-22-48-37(50-30)32-8-6-20-54(32)39(56)35(24(3)4)52-40-46-18-17-33(51-40)41(42,43)44/h9-18,21-24,31-32,34-35H,5-8,19-20,45H2,1-4H3,(H,47,49)(H,48,50)(H,46,51,52)/t31-,32-,34-,35-/m0/s1. The van der Waals surface area contributed by atoms with Crippen LogP contribution < -0.4 is 11.1 Å². The summed E-state index contributed by atoms with van der Waals surface area (Å²) in [5.41, 5.74) is 10.8. The Morgan fingerprint density at radius 2 is 1.21 bits per heavy atom. The van der Waals surface area contributed by atoms with E-state index in [1.54, 1.807) is 11.1 Å². The zero-order valence-corrected chi connectivity index (χ0v) is 31.8.